The summed E-state index contributed by atoms with van der Waals surface area (Å²) in [5, 5.41) is 7.99. The number of hydrogen-bond donors (Lipinski definition) is 1. The molecule has 7 heteroatoms. The lowest BCUT2D eigenvalue weighted by Crippen LogP contribution is -2.33. The number of carbonyl (C=O) groups is 1. The minimum atomic E-state index is -0.258. The van der Waals surface area contributed by atoms with Crippen LogP contribution in [0.2, 0.25) is 4.34 Å². The van der Waals surface area contributed by atoms with Crippen LogP contribution in [0, 0.1) is 6.92 Å². The Morgan fingerprint density at radius 3 is 2.95 bits per heavy atom. The molecule has 0 bridgehead atoms. The van der Waals surface area contributed by atoms with E-state index in [0.717, 1.165) is 10.7 Å². The number of rotatable bonds is 6. The number of halogens is 1. The van der Waals surface area contributed by atoms with Crippen LogP contribution in [-0.4, -0.2) is 27.2 Å². The molecule has 0 saturated carbocycles. The Balaban J connectivity index is 1.85. The lowest BCUT2D eigenvalue weighted by molar-refractivity contribution is -0.124. The van der Waals surface area contributed by atoms with Crippen LogP contribution in [0.25, 0.3) is 0 Å². The van der Waals surface area contributed by atoms with Crippen LogP contribution in [0.3, 0.4) is 0 Å². The first-order chi connectivity index (χ1) is 9.61. The Kier molecular flexibility index (Phi) is 5.14. The second-order valence-electron chi connectivity index (χ2n) is 4.42. The van der Waals surface area contributed by atoms with Crippen molar-refractivity contribution in [1.29, 1.82) is 0 Å². The Morgan fingerprint density at radius 1 is 1.60 bits per heavy atom. The summed E-state index contributed by atoms with van der Waals surface area (Å²) < 4.78 is 2.40. The van der Waals surface area contributed by atoms with E-state index in [1.54, 1.807) is 17.1 Å². The Morgan fingerprint density at radius 2 is 2.40 bits per heavy atom. The van der Waals surface area contributed by atoms with Gasteiger partial charge in [0.1, 0.15) is 10.4 Å². The molecule has 0 radical (unpaired) electrons. The van der Waals surface area contributed by atoms with Gasteiger partial charge in [-0.3, -0.25) is 9.48 Å². The summed E-state index contributed by atoms with van der Waals surface area (Å²) in [5.41, 5.74) is 0.848. The summed E-state index contributed by atoms with van der Waals surface area (Å²) in [6.07, 6.45) is 4.88. The first kappa shape index (κ1) is 15.0. The number of nitrogens with one attached hydrogen (secondary N) is 1. The second-order valence-corrected chi connectivity index (χ2v) is 6.10. The van der Waals surface area contributed by atoms with E-state index < -0.39 is 0 Å². The molecule has 1 N–H and O–H groups in total. The van der Waals surface area contributed by atoms with Crippen LogP contribution in [0.5, 0.6) is 0 Å². The summed E-state index contributed by atoms with van der Waals surface area (Å²) in [7, 11) is 0. The third-order valence-electron chi connectivity index (χ3n) is 2.96. The quantitative estimate of drug-likeness (QED) is 0.892. The van der Waals surface area contributed by atoms with Crippen LogP contribution in [0.15, 0.2) is 18.5 Å². The Bertz CT molecular complexity index is 547. The fourth-order valence-corrected chi connectivity index (χ4v) is 3.00. The summed E-state index contributed by atoms with van der Waals surface area (Å²) in [6, 6.07) is 1.56. The average molecular weight is 313 g/mol. The number of carbonyl (C=O) groups excluding carboxylic acids is 1. The lowest BCUT2D eigenvalue weighted by atomic mass is 10.2. The average Bonchev–Trinajstić information content (AvgIpc) is 3.02. The van der Waals surface area contributed by atoms with Crippen molar-refractivity contribution in [2.75, 3.05) is 6.54 Å². The fourth-order valence-electron chi connectivity index (χ4n) is 1.91. The molecule has 0 aliphatic heterocycles. The lowest BCUT2D eigenvalue weighted by Gasteiger charge is -2.15. The molecule has 0 aliphatic rings. The number of nitrogens with zero attached hydrogens (tertiary/aromatic N) is 3. The minimum Gasteiger partial charge on any atom is -0.354 e. The molecule has 0 aliphatic carbocycles. The highest BCUT2D eigenvalue weighted by molar-refractivity contribution is 7.16. The first-order valence-corrected chi connectivity index (χ1v) is 7.70. The van der Waals surface area contributed by atoms with Gasteiger partial charge in [0.25, 0.3) is 0 Å². The van der Waals surface area contributed by atoms with E-state index in [-0.39, 0.29) is 11.9 Å². The largest absolute Gasteiger partial charge is 0.354 e. The molecular weight excluding hydrogens is 296 g/mol. The van der Waals surface area contributed by atoms with Gasteiger partial charge in [-0.1, -0.05) is 18.5 Å². The smallest absolute Gasteiger partial charge is 0.244 e. The van der Waals surface area contributed by atoms with Gasteiger partial charge >= 0.3 is 0 Å². The molecule has 5 nitrogen and oxygen atoms in total. The molecule has 0 spiro atoms. The molecule has 0 saturated heterocycles. The normalized spacial score (nSPS) is 12.3. The van der Waals surface area contributed by atoms with Gasteiger partial charge in [0.15, 0.2) is 0 Å². The van der Waals surface area contributed by atoms with Crippen molar-refractivity contribution in [3.8, 4) is 0 Å². The molecule has 2 aromatic heterocycles. The number of hydrogen-bond acceptors (Lipinski definition) is 4. The van der Waals surface area contributed by atoms with Crippen molar-refractivity contribution in [2.24, 2.45) is 0 Å². The molecule has 1 atom stereocenters. The maximum absolute atomic E-state index is 12.1. The molecule has 0 aromatic carbocycles. The van der Waals surface area contributed by atoms with E-state index in [1.807, 2.05) is 19.9 Å². The van der Waals surface area contributed by atoms with Crippen LogP contribution in [0.1, 0.15) is 30.1 Å². The third kappa shape index (κ3) is 3.58. The van der Waals surface area contributed by atoms with Crippen molar-refractivity contribution in [3.63, 3.8) is 0 Å². The number of aromatic nitrogens is 3. The van der Waals surface area contributed by atoms with Crippen molar-refractivity contribution >= 4 is 28.8 Å². The summed E-state index contributed by atoms with van der Waals surface area (Å²) >= 11 is 7.43. The second kappa shape index (κ2) is 6.85. The standard InChI is InChI=1S/C13H17ClN4OS/c1-3-10(18-8-4-6-16-18)13(19)15-7-5-11-17-9(2)12(14)20-11/h4,6,8,10H,3,5,7H2,1-2H3,(H,15,19)/t10-/m0/s1. The SMILES string of the molecule is CC[C@@H](C(=O)NCCc1nc(C)c(Cl)s1)n1cccn1. The van der Waals surface area contributed by atoms with Gasteiger partial charge < -0.3 is 5.32 Å². The Labute approximate surface area is 127 Å². The van der Waals surface area contributed by atoms with Gasteiger partial charge in [-0.2, -0.15) is 5.10 Å². The summed E-state index contributed by atoms with van der Waals surface area (Å²) in [4.78, 5) is 16.5. The maximum atomic E-state index is 12.1. The first-order valence-electron chi connectivity index (χ1n) is 6.50. The summed E-state index contributed by atoms with van der Waals surface area (Å²) in [6.45, 7) is 4.40. The zero-order valence-corrected chi connectivity index (χ0v) is 13.0. The van der Waals surface area contributed by atoms with Crippen LogP contribution >= 0.6 is 22.9 Å². The highest BCUT2D eigenvalue weighted by Gasteiger charge is 2.18. The highest BCUT2D eigenvalue weighted by Crippen LogP contribution is 2.23. The zero-order valence-electron chi connectivity index (χ0n) is 11.5. The van der Waals surface area contributed by atoms with E-state index in [2.05, 4.69) is 15.4 Å². The predicted octanol–water partition coefficient (Wildman–Crippen LogP) is 2.61. The third-order valence-corrected chi connectivity index (χ3v) is 4.47. The van der Waals surface area contributed by atoms with Gasteiger partial charge in [-0.05, 0) is 19.4 Å². The zero-order chi connectivity index (χ0) is 14.5. The minimum absolute atomic E-state index is 0.0180. The van der Waals surface area contributed by atoms with Crippen molar-refractivity contribution < 1.29 is 4.79 Å². The molecule has 2 aromatic rings. The van der Waals surface area contributed by atoms with Gasteiger partial charge in [-0.25, -0.2) is 4.98 Å². The van der Waals surface area contributed by atoms with Crippen molar-refractivity contribution in [2.45, 2.75) is 32.7 Å². The van der Waals surface area contributed by atoms with E-state index in [0.29, 0.717) is 23.7 Å². The molecule has 20 heavy (non-hydrogen) atoms. The molecule has 108 valence electrons. The topological polar surface area (TPSA) is 59.8 Å². The van der Waals surface area contributed by atoms with Gasteiger partial charge in [0, 0.05) is 25.4 Å². The van der Waals surface area contributed by atoms with E-state index >= 15 is 0 Å². The number of aryl methyl sites for hydroxylation is 1. The van der Waals surface area contributed by atoms with Gasteiger partial charge in [0.05, 0.1) is 10.7 Å². The van der Waals surface area contributed by atoms with Gasteiger partial charge in [-0.15, -0.1) is 11.3 Å². The van der Waals surface area contributed by atoms with E-state index in [1.165, 1.54) is 11.3 Å². The van der Waals surface area contributed by atoms with Crippen LogP contribution in [-0.2, 0) is 11.2 Å². The molecule has 2 heterocycles. The fraction of sp³-hybridized carbons (Fsp3) is 0.462. The molecule has 2 rings (SSSR count). The monoisotopic (exact) mass is 312 g/mol. The predicted molar refractivity (Wildman–Crippen MR) is 80.1 cm³/mol. The van der Waals surface area contributed by atoms with Crippen molar-refractivity contribution in [1.82, 2.24) is 20.1 Å². The molecule has 0 fully saturated rings. The molecule has 1 amide bonds. The number of amides is 1. The van der Waals surface area contributed by atoms with Crippen LogP contribution < -0.4 is 5.32 Å². The van der Waals surface area contributed by atoms with E-state index in [4.69, 9.17) is 11.6 Å². The highest BCUT2D eigenvalue weighted by atomic mass is 35.5. The van der Waals surface area contributed by atoms with Crippen LogP contribution in [0.4, 0.5) is 0 Å². The summed E-state index contributed by atoms with van der Waals surface area (Å²) in [5.74, 6) is -0.0180. The van der Waals surface area contributed by atoms with E-state index in [9.17, 15) is 4.79 Å². The molecule has 0 unspecified atom stereocenters. The van der Waals surface area contributed by atoms with Crippen molar-refractivity contribution in [3.05, 3.63) is 33.5 Å². The maximum Gasteiger partial charge on any atom is 0.244 e. The van der Waals surface area contributed by atoms with Gasteiger partial charge in [0.2, 0.25) is 5.91 Å². The Hall–Kier alpha value is -1.40. The number of thiazole rings is 1. The molecular formula is C13H17ClN4OS.